The first kappa shape index (κ1) is 24.0. The van der Waals surface area contributed by atoms with Crippen molar-refractivity contribution in [2.45, 2.75) is 13.3 Å². The van der Waals surface area contributed by atoms with Crippen LogP contribution >= 0.6 is 0 Å². The molecule has 2 heterocycles. The SMILES string of the molecule is C=C(/C=C\C=C/C)n1c2c(c3cc(-c4ccccc4)ccc31)CC=C(c1cccc3c1oc1ccccc13)C=C2. The van der Waals surface area contributed by atoms with Gasteiger partial charge in [0, 0.05) is 27.4 Å². The van der Waals surface area contributed by atoms with Crippen LogP contribution in [0.1, 0.15) is 23.7 Å². The minimum Gasteiger partial charge on any atom is -0.455 e. The maximum absolute atomic E-state index is 6.38. The van der Waals surface area contributed by atoms with Crippen LogP contribution in [0.4, 0.5) is 0 Å². The van der Waals surface area contributed by atoms with Crippen LogP contribution in [0.3, 0.4) is 0 Å². The van der Waals surface area contributed by atoms with Gasteiger partial charge in [-0.05, 0) is 66.0 Å². The molecule has 40 heavy (non-hydrogen) atoms. The highest BCUT2D eigenvalue weighted by Crippen LogP contribution is 2.39. The molecule has 2 nitrogen and oxygen atoms in total. The molecule has 6 aromatic rings. The third-order valence-corrected chi connectivity index (χ3v) is 7.76. The summed E-state index contributed by atoms with van der Waals surface area (Å²) >= 11 is 0. The van der Waals surface area contributed by atoms with Gasteiger partial charge in [-0.1, -0.05) is 110 Å². The molecule has 0 spiro atoms. The minimum atomic E-state index is 0.807. The number of fused-ring (bicyclic) bond motifs is 6. The van der Waals surface area contributed by atoms with E-state index in [4.69, 9.17) is 4.42 Å². The summed E-state index contributed by atoms with van der Waals surface area (Å²) in [6.45, 7) is 6.48. The van der Waals surface area contributed by atoms with Crippen LogP contribution in [0.5, 0.6) is 0 Å². The third-order valence-electron chi connectivity index (χ3n) is 7.76. The number of rotatable bonds is 5. The lowest BCUT2D eigenvalue weighted by Crippen LogP contribution is -1.97. The summed E-state index contributed by atoms with van der Waals surface area (Å²) in [4.78, 5) is 0. The standard InChI is InChI=1S/C38H29NO/c1-3-4-6-12-26(2)39-35-23-20-28(30-16-11-17-33-32-15-9-10-18-37(32)40-38(30)33)19-22-31(35)34-25-29(21-24-36(34)39)27-13-7-5-8-14-27/h3-21,23-25H,2,22H2,1H3/b4-3-,12-6-. The number of para-hydroxylation sites is 2. The van der Waals surface area contributed by atoms with E-state index in [-0.39, 0.29) is 0 Å². The first-order valence-electron chi connectivity index (χ1n) is 13.7. The van der Waals surface area contributed by atoms with E-state index in [9.17, 15) is 0 Å². The maximum Gasteiger partial charge on any atom is 0.143 e. The number of allylic oxidation sites excluding steroid dienone is 8. The van der Waals surface area contributed by atoms with Gasteiger partial charge >= 0.3 is 0 Å². The molecular formula is C38H29NO. The molecule has 0 radical (unpaired) electrons. The van der Waals surface area contributed by atoms with E-state index in [1.807, 2.05) is 37.3 Å². The number of hydrogen-bond acceptors (Lipinski definition) is 1. The van der Waals surface area contributed by atoms with Gasteiger partial charge in [-0.3, -0.25) is 0 Å². The second-order valence-corrected chi connectivity index (χ2v) is 10.2. The molecule has 0 atom stereocenters. The van der Waals surface area contributed by atoms with E-state index in [1.54, 1.807) is 0 Å². The number of furan rings is 1. The van der Waals surface area contributed by atoms with Gasteiger partial charge < -0.3 is 8.98 Å². The molecule has 0 bridgehead atoms. The summed E-state index contributed by atoms with van der Waals surface area (Å²) in [7, 11) is 0. The second-order valence-electron chi connectivity index (χ2n) is 10.2. The van der Waals surface area contributed by atoms with Gasteiger partial charge in [0.2, 0.25) is 0 Å². The van der Waals surface area contributed by atoms with Crippen molar-refractivity contribution < 1.29 is 4.42 Å². The summed E-state index contributed by atoms with van der Waals surface area (Å²) in [5.74, 6) is 0. The minimum absolute atomic E-state index is 0.807. The Morgan fingerprint density at radius 2 is 1.62 bits per heavy atom. The number of nitrogens with zero attached hydrogens (tertiary/aromatic N) is 1. The summed E-state index contributed by atoms with van der Waals surface area (Å²) in [6, 6.07) is 32.1. The van der Waals surface area contributed by atoms with E-state index < -0.39 is 0 Å². The number of benzene rings is 4. The molecule has 0 N–H and O–H groups in total. The van der Waals surface area contributed by atoms with Crippen molar-refractivity contribution in [2.75, 3.05) is 0 Å². The van der Waals surface area contributed by atoms with E-state index in [0.29, 0.717) is 0 Å². The smallest absolute Gasteiger partial charge is 0.143 e. The van der Waals surface area contributed by atoms with Crippen molar-refractivity contribution >= 4 is 50.2 Å². The van der Waals surface area contributed by atoms with Crippen LogP contribution in [0.2, 0.25) is 0 Å². The topological polar surface area (TPSA) is 18.1 Å². The Bertz CT molecular complexity index is 2040. The van der Waals surface area contributed by atoms with Gasteiger partial charge in [0.05, 0.1) is 11.2 Å². The second kappa shape index (κ2) is 9.91. The molecule has 2 heteroatoms. The number of hydrogen-bond donors (Lipinski definition) is 0. The fourth-order valence-corrected chi connectivity index (χ4v) is 5.86. The van der Waals surface area contributed by atoms with Gasteiger partial charge in [-0.15, -0.1) is 0 Å². The predicted octanol–water partition coefficient (Wildman–Crippen LogP) is 10.5. The first-order valence-corrected chi connectivity index (χ1v) is 13.7. The van der Waals surface area contributed by atoms with Crippen LogP contribution in [-0.2, 0) is 6.42 Å². The molecular weight excluding hydrogens is 486 g/mol. The van der Waals surface area contributed by atoms with Crippen LogP contribution in [0, 0.1) is 0 Å². The average molecular weight is 516 g/mol. The zero-order valence-electron chi connectivity index (χ0n) is 22.5. The van der Waals surface area contributed by atoms with Crippen molar-refractivity contribution in [3.63, 3.8) is 0 Å². The highest BCUT2D eigenvalue weighted by Gasteiger charge is 2.20. The van der Waals surface area contributed by atoms with Crippen molar-refractivity contribution in [3.8, 4) is 11.1 Å². The molecule has 1 aliphatic carbocycles. The number of aromatic nitrogens is 1. The van der Waals surface area contributed by atoms with Crippen molar-refractivity contribution in [2.24, 2.45) is 0 Å². The molecule has 2 aromatic heterocycles. The first-order chi connectivity index (χ1) is 19.7. The maximum atomic E-state index is 6.38. The van der Waals surface area contributed by atoms with Gasteiger partial charge in [0.1, 0.15) is 11.2 Å². The molecule has 0 fully saturated rings. The molecule has 0 amide bonds. The molecule has 192 valence electrons. The lowest BCUT2D eigenvalue weighted by atomic mass is 9.99. The summed E-state index contributed by atoms with van der Waals surface area (Å²) in [5, 5.41) is 3.55. The van der Waals surface area contributed by atoms with Gasteiger partial charge in [-0.2, -0.15) is 0 Å². The highest BCUT2D eigenvalue weighted by molar-refractivity contribution is 6.09. The molecule has 0 saturated carbocycles. The lowest BCUT2D eigenvalue weighted by Gasteiger charge is -2.09. The molecule has 4 aromatic carbocycles. The molecule has 0 saturated heterocycles. The summed E-state index contributed by atoms with van der Waals surface area (Å²) < 4.78 is 8.66. The van der Waals surface area contributed by atoms with Crippen LogP contribution in [-0.4, -0.2) is 4.57 Å². The van der Waals surface area contributed by atoms with E-state index in [2.05, 4.69) is 114 Å². The fraction of sp³-hybridized carbons (Fsp3) is 0.0526. The van der Waals surface area contributed by atoms with E-state index in [0.717, 1.165) is 45.2 Å². The molecule has 0 aliphatic heterocycles. The Labute approximate surface area is 234 Å². The predicted molar refractivity (Wildman–Crippen MR) is 171 cm³/mol. The van der Waals surface area contributed by atoms with Crippen molar-refractivity contribution in [1.29, 1.82) is 0 Å². The lowest BCUT2D eigenvalue weighted by molar-refractivity contribution is 0.668. The molecule has 1 aliphatic rings. The quantitative estimate of drug-likeness (QED) is 0.209. The molecule has 0 unspecified atom stereocenters. The van der Waals surface area contributed by atoms with Crippen LogP contribution in [0.25, 0.3) is 61.3 Å². The third kappa shape index (κ3) is 3.97. The summed E-state index contributed by atoms with van der Waals surface area (Å²) in [5.41, 5.74) is 11.1. The van der Waals surface area contributed by atoms with Crippen LogP contribution < -0.4 is 0 Å². The zero-order valence-corrected chi connectivity index (χ0v) is 22.5. The largest absolute Gasteiger partial charge is 0.455 e. The average Bonchev–Trinajstić information content (AvgIpc) is 3.44. The highest BCUT2D eigenvalue weighted by atomic mass is 16.3. The van der Waals surface area contributed by atoms with Crippen molar-refractivity contribution in [3.05, 3.63) is 151 Å². The summed E-state index contributed by atoms with van der Waals surface area (Å²) in [6.07, 6.45) is 15.8. The fourth-order valence-electron chi connectivity index (χ4n) is 5.86. The Balaban J connectivity index is 1.40. The zero-order chi connectivity index (χ0) is 27.1. The Morgan fingerprint density at radius 3 is 2.50 bits per heavy atom. The van der Waals surface area contributed by atoms with E-state index in [1.165, 1.54) is 33.3 Å². The van der Waals surface area contributed by atoms with Crippen molar-refractivity contribution in [1.82, 2.24) is 4.57 Å². The Hall–Kier alpha value is -5.08. The van der Waals surface area contributed by atoms with Gasteiger partial charge in [0.15, 0.2) is 0 Å². The Kier molecular flexibility index (Phi) is 5.94. The van der Waals surface area contributed by atoms with Crippen LogP contribution in [0.15, 0.2) is 138 Å². The molecule has 7 rings (SSSR count). The van der Waals surface area contributed by atoms with Gasteiger partial charge in [-0.25, -0.2) is 0 Å². The monoisotopic (exact) mass is 515 g/mol. The normalized spacial score (nSPS) is 13.5. The van der Waals surface area contributed by atoms with E-state index >= 15 is 0 Å². The van der Waals surface area contributed by atoms with Gasteiger partial charge in [0.25, 0.3) is 0 Å². The Morgan fingerprint density at radius 1 is 0.800 bits per heavy atom.